The zero-order valence-corrected chi connectivity index (χ0v) is 17.1. The van der Waals surface area contributed by atoms with E-state index in [0.717, 1.165) is 17.5 Å². The van der Waals surface area contributed by atoms with Crippen LogP contribution in [0.15, 0.2) is 47.4 Å². The summed E-state index contributed by atoms with van der Waals surface area (Å²) < 4.78 is 27.8. The Balaban J connectivity index is 2.07. The van der Waals surface area contributed by atoms with Gasteiger partial charge < -0.3 is 10.6 Å². The number of anilines is 2. The quantitative estimate of drug-likeness (QED) is 0.638. The SMILES string of the molecule is CCCC(=O)NC(=S)Nc1ccc(S(=O)(=O)Nc2ccc(C)cc2C)cc1. The van der Waals surface area contributed by atoms with Crippen molar-refractivity contribution in [3.8, 4) is 0 Å². The van der Waals surface area contributed by atoms with Crippen LogP contribution in [-0.4, -0.2) is 19.4 Å². The lowest BCUT2D eigenvalue weighted by atomic mass is 10.1. The average Bonchev–Trinajstić information content (AvgIpc) is 2.58. The van der Waals surface area contributed by atoms with Gasteiger partial charge in [-0.1, -0.05) is 24.6 Å². The average molecular weight is 406 g/mol. The van der Waals surface area contributed by atoms with Crippen LogP contribution in [0.25, 0.3) is 0 Å². The predicted octanol–water partition coefficient (Wildman–Crippen LogP) is 3.72. The summed E-state index contributed by atoms with van der Waals surface area (Å²) in [5.41, 5.74) is 3.04. The van der Waals surface area contributed by atoms with E-state index in [-0.39, 0.29) is 15.9 Å². The first-order valence-corrected chi connectivity index (χ1v) is 10.4. The molecule has 8 heteroatoms. The van der Waals surface area contributed by atoms with Crippen LogP contribution in [0.2, 0.25) is 0 Å². The molecule has 27 heavy (non-hydrogen) atoms. The Morgan fingerprint density at radius 3 is 2.33 bits per heavy atom. The molecule has 0 aliphatic heterocycles. The molecule has 0 fully saturated rings. The van der Waals surface area contributed by atoms with Crippen molar-refractivity contribution >= 4 is 44.6 Å². The summed E-state index contributed by atoms with van der Waals surface area (Å²) in [4.78, 5) is 11.7. The third-order valence-electron chi connectivity index (χ3n) is 3.78. The van der Waals surface area contributed by atoms with Gasteiger partial charge in [-0.2, -0.15) is 0 Å². The first-order chi connectivity index (χ1) is 12.7. The van der Waals surface area contributed by atoms with Crippen molar-refractivity contribution in [3.63, 3.8) is 0 Å². The maximum Gasteiger partial charge on any atom is 0.261 e. The highest BCUT2D eigenvalue weighted by Crippen LogP contribution is 2.21. The van der Waals surface area contributed by atoms with E-state index in [1.165, 1.54) is 12.1 Å². The second kappa shape index (κ2) is 8.96. The summed E-state index contributed by atoms with van der Waals surface area (Å²) in [6.45, 7) is 5.71. The van der Waals surface area contributed by atoms with Gasteiger partial charge >= 0.3 is 0 Å². The van der Waals surface area contributed by atoms with Crippen LogP contribution in [0.1, 0.15) is 30.9 Å². The summed E-state index contributed by atoms with van der Waals surface area (Å²) in [6.07, 6.45) is 1.12. The van der Waals surface area contributed by atoms with Crippen molar-refractivity contribution in [2.24, 2.45) is 0 Å². The number of hydrogen-bond acceptors (Lipinski definition) is 4. The van der Waals surface area contributed by atoms with E-state index in [0.29, 0.717) is 17.8 Å². The zero-order valence-electron chi connectivity index (χ0n) is 15.5. The van der Waals surface area contributed by atoms with Gasteiger partial charge in [-0.25, -0.2) is 8.42 Å². The summed E-state index contributed by atoms with van der Waals surface area (Å²) >= 11 is 5.07. The van der Waals surface area contributed by atoms with Gasteiger partial charge in [-0.05, 0) is 68.4 Å². The Morgan fingerprint density at radius 2 is 1.74 bits per heavy atom. The maximum atomic E-state index is 12.6. The van der Waals surface area contributed by atoms with Crippen LogP contribution in [0.3, 0.4) is 0 Å². The largest absolute Gasteiger partial charge is 0.332 e. The topological polar surface area (TPSA) is 87.3 Å². The van der Waals surface area contributed by atoms with E-state index in [2.05, 4.69) is 15.4 Å². The van der Waals surface area contributed by atoms with E-state index in [1.54, 1.807) is 18.2 Å². The third kappa shape index (κ3) is 6.04. The fourth-order valence-corrected chi connectivity index (χ4v) is 3.79. The minimum atomic E-state index is -3.70. The number of thiocarbonyl (C=S) groups is 1. The van der Waals surface area contributed by atoms with Gasteiger partial charge in [-0.15, -0.1) is 0 Å². The number of benzene rings is 2. The van der Waals surface area contributed by atoms with Crippen molar-refractivity contribution < 1.29 is 13.2 Å². The molecule has 3 N–H and O–H groups in total. The molecular formula is C19H23N3O3S2. The van der Waals surface area contributed by atoms with Gasteiger partial charge in [0.1, 0.15) is 0 Å². The molecule has 0 aromatic heterocycles. The van der Waals surface area contributed by atoms with Gasteiger partial charge in [0.25, 0.3) is 10.0 Å². The Morgan fingerprint density at radius 1 is 1.07 bits per heavy atom. The minimum absolute atomic E-state index is 0.133. The molecule has 1 amide bonds. The Bertz CT molecular complexity index is 939. The Labute approximate surface area is 165 Å². The van der Waals surface area contributed by atoms with Gasteiger partial charge in [0, 0.05) is 12.1 Å². The van der Waals surface area contributed by atoms with Crippen LogP contribution in [0.4, 0.5) is 11.4 Å². The number of nitrogens with one attached hydrogen (secondary N) is 3. The van der Waals surface area contributed by atoms with Crippen molar-refractivity contribution in [3.05, 3.63) is 53.6 Å². The lowest BCUT2D eigenvalue weighted by Gasteiger charge is -2.12. The van der Waals surface area contributed by atoms with Crippen molar-refractivity contribution in [1.82, 2.24) is 5.32 Å². The van der Waals surface area contributed by atoms with E-state index in [1.807, 2.05) is 32.9 Å². The van der Waals surface area contributed by atoms with E-state index < -0.39 is 10.0 Å². The number of carbonyl (C=O) groups excluding carboxylic acids is 1. The lowest BCUT2D eigenvalue weighted by Crippen LogP contribution is -2.33. The van der Waals surface area contributed by atoms with Gasteiger partial charge in [-0.3, -0.25) is 9.52 Å². The number of carbonyl (C=O) groups is 1. The highest BCUT2D eigenvalue weighted by atomic mass is 32.2. The van der Waals surface area contributed by atoms with Crippen molar-refractivity contribution in [1.29, 1.82) is 0 Å². The molecule has 0 aliphatic rings. The Hall–Kier alpha value is -2.45. The second-order valence-corrected chi connectivity index (χ2v) is 8.29. The number of sulfonamides is 1. The fraction of sp³-hybridized carbons (Fsp3) is 0.263. The molecule has 0 heterocycles. The van der Waals surface area contributed by atoms with Gasteiger partial charge in [0.15, 0.2) is 5.11 Å². The number of amides is 1. The Kier molecular flexibility index (Phi) is 6.92. The fourth-order valence-electron chi connectivity index (χ4n) is 2.43. The molecule has 2 aromatic rings. The van der Waals surface area contributed by atoms with E-state index in [4.69, 9.17) is 12.2 Å². The smallest absolute Gasteiger partial charge is 0.261 e. The second-order valence-electron chi connectivity index (χ2n) is 6.20. The first kappa shape index (κ1) is 20.9. The number of aryl methyl sites for hydroxylation is 2. The molecule has 0 aliphatic carbocycles. The van der Waals surface area contributed by atoms with Crippen LogP contribution in [-0.2, 0) is 14.8 Å². The molecule has 0 bridgehead atoms. The summed E-state index contributed by atoms with van der Waals surface area (Å²) in [6, 6.07) is 11.7. The van der Waals surface area contributed by atoms with E-state index >= 15 is 0 Å². The lowest BCUT2D eigenvalue weighted by molar-refractivity contribution is -0.119. The number of rotatable bonds is 6. The molecule has 0 spiro atoms. The molecule has 2 rings (SSSR count). The zero-order chi connectivity index (χ0) is 20.0. The molecule has 0 unspecified atom stereocenters. The van der Waals surface area contributed by atoms with Gasteiger partial charge in [0.2, 0.25) is 5.91 Å². The minimum Gasteiger partial charge on any atom is -0.332 e. The molecule has 0 saturated carbocycles. The highest BCUT2D eigenvalue weighted by molar-refractivity contribution is 7.92. The van der Waals surface area contributed by atoms with Crippen molar-refractivity contribution in [2.45, 2.75) is 38.5 Å². The molecule has 0 atom stereocenters. The molecule has 0 saturated heterocycles. The summed E-state index contributed by atoms with van der Waals surface area (Å²) in [5, 5.41) is 5.61. The molecule has 0 radical (unpaired) electrons. The maximum absolute atomic E-state index is 12.6. The standard InChI is InChI=1S/C19H23N3O3S2/c1-4-5-18(23)21-19(26)20-15-7-9-16(10-8-15)27(24,25)22-17-11-6-13(2)12-14(17)3/h6-12,22H,4-5H2,1-3H3,(H2,20,21,23,26). The molecule has 144 valence electrons. The highest BCUT2D eigenvalue weighted by Gasteiger charge is 2.15. The summed E-state index contributed by atoms with van der Waals surface area (Å²) in [7, 11) is -3.70. The normalized spacial score (nSPS) is 10.9. The molecule has 6 nitrogen and oxygen atoms in total. The van der Waals surface area contributed by atoms with Crippen LogP contribution in [0.5, 0.6) is 0 Å². The van der Waals surface area contributed by atoms with E-state index in [9.17, 15) is 13.2 Å². The first-order valence-electron chi connectivity index (χ1n) is 8.52. The van der Waals surface area contributed by atoms with Gasteiger partial charge in [0.05, 0.1) is 10.6 Å². The van der Waals surface area contributed by atoms with Crippen molar-refractivity contribution in [2.75, 3.05) is 10.0 Å². The monoisotopic (exact) mass is 405 g/mol. The summed E-state index contributed by atoms with van der Waals surface area (Å²) in [5.74, 6) is -0.160. The third-order valence-corrected chi connectivity index (χ3v) is 5.36. The predicted molar refractivity (Wildman–Crippen MR) is 112 cm³/mol. The number of hydrogen-bond donors (Lipinski definition) is 3. The van der Waals surface area contributed by atoms with Crippen LogP contribution in [0, 0.1) is 13.8 Å². The van der Waals surface area contributed by atoms with Crippen LogP contribution < -0.4 is 15.4 Å². The molecular weight excluding hydrogens is 382 g/mol. The van der Waals surface area contributed by atoms with Crippen LogP contribution >= 0.6 is 12.2 Å². The molecule has 2 aromatic carbocycles.